The van der Waals surface area contributed by atoms with Crippen molar-refractivity contribution in [3.63, 3.8) is 0 Å². The summed E-state index contributed by atoms with van der Waals surface area (Å²) in [5.41, 5.74) is -0.308. The maximum Gasteiger partial charge on any atom is 0.311 e. The molecule has 0 aromatic heterocycles. The number of esters is 1. The quantitative estimate of drug-likeness (QED) is 0.637. The van der Waals surface area contributed by atoms with Crippen LogP contribution in [0.15, 0.2) is 0 Å². The summed E-state index contributed by atoms with van der Waals surface area (Å²) >= 11 is 0. The summed E-state index contributed by atoms with van der Waals surface area (Å²) in [6.07, 6.45) is 2.81. The van der Waals surface area contributed by atoms with Gasteiger partial charge in [-0.15, -0.1) is 0 Å². The van der Waals surface area contributed by atoms with Crippen LogP contribution < -0.4 is 0 Å². The second kappa shape index (κ2) is 4.78. The van der Waals surface area contributed by atoms with Crippen LogP contribution in [0.3, 0.4) is 0 Å². The minimum Gasteiger partial charge on any atom is -0.469 e. The van der Waals surface area contributed by atoms with Crippen molar-refractivity contribution in [2.45, 2.75) is 33.1 Å². The lowest BCUT2D eigenvalue weighted by Gasteiger charge is -2.34. The summed E-state index contributed by atoms with van der Waals surface area (Å²) in [6, 6.07) is 0. The lowest BCUT2D eigenvalue weighted by molar-refractivity contribution is -0.156. The lowest BCUT2D eigenvalue weighted by Crippen LogP contribution is -2.38. The molecule has 1 aliphatic heterocycles. The molecule has 0 saturated carbocycles. The Bertz CT molecular complexity index is 199. The number of methoxy groups -OCH3 is 1. The van der Waals surface area contributed by atoms with Crippen LogP contribution >= 0.6 is 0 Å². The van der Waals surface area contributed by atoms with E-state index in [2.05, 4.69) is 6.92 Å². The third kappa shape index (κ3) is 2.47. The second-order valence-electron chi connectivity index (χ2n) is 4.41. The molecule has 0 amide bonds. The van der Waals surface area contributed by atoms with Crippen LogP contribution in [0.1, 0.15) is 33.1 Å². The van der Waals surface area contributed by atoms with Crippen LogP contribution in [-0.2, 0) is 14.3 Å². The van der Waals surface area contributed by atoms with E-state index in [9.17, 15) is 4.79 Å². The molecule has 14 heavy (non-hydrogen) atoms. The summed E-state index contributed by atoms with van der Waals surface area (Å²) in [7, 11) is 1.47. The predicted molar refractivity (Wildman–Crippen MR) is 54.0 cm³/mol. The van der Waals surface area contributed by atoms with Crippen LogP contribution in [0.4, 0.5) is 0 Å². The molecule has 1 heterocycles. The van der Waals surface area contributed by atoms with E-state index in [0.29, 0.717) is 5.92 Å². The molecule has 1 aliphatic rings. The van der Waals surface area contributed by atoms with Crippen LogP contribution in [-0.4, -0.2) is 26.3 Å². The topological polar surface area (TPSA) is 35.5 Å². The van der Waals surface area contributed by atoms with E-state index in [1.165, 1.54) is 7.11 Å². The average Bonchev–Trinajstić information content (AvgIpc) is 2.11. The molecule has 1 atom stereocenters. The fourth-order valence-electron chi connectivity index (χ4n) is 2.13. The van der Waals surface area contributed by atoms with Gasteiger partial charge in [0.15, 0.2) is 0 Å². The van der Waals surface area contributed by atoms with Gasteiger partial charge in [-0.3, -0.25) is 4.79 Å². The predicted octanol–water partition coefficient (Wildman–Crippen LogP) is 2.00. The van der Waals surface area contributed by atoms with Crippen molar-refractivity contribution in [3.05, 3.63) is 0 Å². The summed E-state index contributed by atoms with van der Waals surface area (Å²) in [4.78, 5) is 11.6. The van der Waals surface area contributed by atoms with Gasteiger partial charge in [0.1, 0.15) is 0 Å². The number of carbonyl (C=O) groups excluding carboxylic acids is 1. The van der Waals surface area contributed by atoms with E-state index in [0.717, 1.165) is 32.5 Å². The molecule has 0 radical (unpaired) electrons. The first kappa shape index (κ1) is 11.5. The van der Waals surface area contributed by atoms with Crippen LogP contribution in [0.25, 0.3) is 0 Å². The molecule has 0 aromatic rings. The van der Waals surface area contributed by atoms with Crippen molar-refractivity contribution in [1.29, 1.82) is 0 Å². The first-order valence-electron chi connectivity index (χ1n) is 5.28. The fourth-order valence-corrected chi connectivity index (χ4v) is 2.13. The normalized spacial score (nSPS) is 21.1. The molecule has 1 rings (SSSR count). The van der Waals surface area contributed by atoms with Crippen molar-refractivity contribution in [3.8, 4) is 0 Å². The zero-order chi connectivity index (χ0) is 10.6. The summed E-state index contributed by atoms with van der Waals surface area (Å²) < 4.78 is 9.98. The number of ether oxygens (including phenoxy) is 2. The van der Waals surface area contributed by atoms with Gasteiger partial charge in [0.2, 0.25) is 0 Å². The molecule has 0 spiro atoms. The Morgan fingerprint density at radius 2 is 2.21 bits per heavy atom. The Morgan fingerprint density at radius 3 is 2.57 bits per heavy atom. The molecule has 1 unspecified atom stereocenters. The van der Waals surface area contributed by atoms with Gasteiger partial charge >= 0.3 is 5.97 Å². The Morgan fingerprint density at radius 1 is 1.57 bits per heavy atom. The molecule has 0 bridgehead atoms. The Hall–Kier alpha value is -0.570. The molecule has 3 heteroatoms. The van der Waals surface area contributed by atoms with Crippen molar-refractivity contribution >= 4 is 5.97 Å². The fraction of sp³-hybridized carbons (Fsp3) is 0.909. The molecule has 0 aromatic carbocycles. The maximum atomic E-state index is 11.6. The number of rotatable bonds is 5. The highest BCUT2D eigenvalue weighted by Crippen LogP contribution is 2.35. The van der Waals surface area contributed by atoms with Crippen molar-refractivity contribution in [2.75, 3.05) is 20.3 Å². The minimum atomic E-state index is -0.308. The van der Waals surface area contributed by atoms with Crippen LogP contribution in [0.2, 0.25) is 0 Å². The van der Waals surface area contributed by atoms with E-state index < -0.39 is 0 Å². The van der Waals surface area contributed by atoms with Gasteiger partial charge in [-0.2, -0.15) is 0 Å². The number of hydrogen-bond donors (Lipinski definition) is 0. The molecule has 82 valence electrons. The van der Waals surface area contributed by atoms with E-state index in [1.54, 1.807) is 0 Å². The molecule has 0 aliphatic carbocycles. The Kier molecular flexibility index (Phi) is 3.93. The van der Waals surface area contributed by atoms with Gasteiger partial charge < -0.3 is 9.47 Å². The third-order valence-electron chi connectivity index (χ3n) is 2.93. The highest BCUT2D eigenvalue weighted by molar-refractivity contribution is 5.76. The highest BCUT2D eigenvalue weighted by atomic mass is 16.5. The lowest BCUT2D eigenvalue weighted by atomic mass is 9.77. The third-order valence-corrected chi connectivity index (χ3v) is 2.93. The Balaban J connectivity index is 2.54. The second-order valence-corrected chi connectivity index (χ2v) is 4.41. The molecule has 3 nitrogen and oxygen atoms in total. The molecule has 0 N–H and O–H groups in total. The van der Waals surface area contributed by atoms with Crippen LogP contribution in [0.5, 0.6) is 0 Å². The zero-order valence-corrected chi connectivity index (χ0v) is 9.34. The SMILES string of the molecule is CCCC(C)(CC1COC1)C(=O)OC. The number of hydrogen-bond acceptors (Lipinski definition) is 3. The van der Waals surface area contributed by atoms with Crippen molar-refractivity contribution in [1.82, 2.24) is 0 Å². The van der Waals surface area contributed by atoms with E-state index in [4.69, 9.17) is 9.47 Å². The summed E-state index contributed by atoms with van der Waals surface area (Å²) in [5, 5.41) is 0. The monoisotopic (exact) mass is 200 g/mol. The smallest absolute Gasteiger partial charge is 0.311 e. The molecular weight excluding hydrogens is 180 g/mol. The van der Waals surface area contributed by atoms with Gasteiger partial charge in [0, 0.05) is 5.92 Å². The van der Waals surface area contributed by atoms with Gasteiger partial charge in [-0.05, 0) is 19.8 Å². The molecule has 1 fully saturated rings. The van der Waals surface area contributed by atoms with Crippen molar-refractivity contribution in [2.24, 2.45) is 11.3 Å². The summed E-state index contributed by atoms with van der Waals surface area (Å²) in [6.45, 7) is 5.70. The Labute approximate surface area is 85.8 Å². The minimum absolute atomic E-state index is 0.0775. The van der Waals surface area contributed by atoms with E-state index >= 15 is 0 Å². The standard InChI is InChI=1S/C11H20O3/c1-4-5-11(2,10(12)13-3)6-9-7-14-8-9/h9H,4-8H2,1-3H3. The van der Waals surface area contributed by atoms with E-state index in [-0.39, 0.29) is 11.4 Å². The van der Waals surface area contributed by atoms with Crippen LogP contribution in [0, 0.1) is 11.3 Å². The first-order valence-corrected chi connectivity index (χ1v) is 5.28. The number of carbonyl (C=O) groups is 1. The zero-order valence-electron chi connectivity index (χ0n) is 9.34. The average molecular weight is 200 g/mol. The van der Waals surface area contributed by atoms with E-state index in [1.807, 2.05) is 6.92 Å². The highest BCUT2D eigenvalue weighted by Gasteiger charge is 2.37. The maximum absolute atomic E-state index is 11.6. The van der Waals surface area contributed by atoms with Crippen molar-refractivity contribution < 1.29 is 14.3 Å². The van der Waals surface area contributed by atoms with Gasteiger partial charge in [0.05, 0.1) is 25.7 Å². The molecular formula is C11H20O3. The summed E-state index contributed by atoms with van der Waals surface area (Å²) in [5.74, 6) is 0.469. The van der Waals surface area contributed by atoms with Gasteiger partial charge in [-0.25, -0.2) is 0 Å². The first-order chi connectivity index (χ1) is 6.62. The largest absolute Gasteiger partial charge is 0.469 e. The van der Waals surface area contributed by atoms with Gasteiger partial charge in [-0.1, -0.05) is 13.3 Å². The molecule has 1 saturated heterocycles. The van der Waals surface area contributed by atoms with Gasteiger partial charge in [0.25, 0.3) is 0 Å².